The van der Waals surface area contributed by atoms with E-state index in [0.29, 0.717) is 24.4 Å². The number of aryl methyl sites for hydroxylation is 1. The molecule has 2 aromatic heterocycles. The number of amides is 1. The lowest BCUT2D eigenvalue weighted by Gasteiger charge is -2.08. The minimum absolute atomic E-state index is 0.0236. The van der Waals surface area contributed by atoms with E-state index >= 15 is 0 Å². The standard InChI is InChI=1S/C25H26N4O3/c1-2-32-21-12-10-20(11-13-21)22-17-23-25(31)28(15-16-29(23)27-22)18-24(30)26-14-6-9-19-7-4-3-5-8-19/h3-5,7-8,10-13,15-17H,2,6,9,14,18H2,1H3,(H,26,30). The number of hydrogen-bond acceptors (Lipinski definition) is 4. The van der Waals surface area contributed by atoms with Crippen molar-refractivity contribution in [3.63, 3.8) is 0 Å². The maximum absolute atomic E-state index is 12.9. The van der Waals surface area contributed by atoms with Gasteiger partial charge in [0.05, 0.1) is 12.3 Å². The molecule has 0 radical (unpaired) electrons. The molecule has 2 heterocycles. The highest BCUT2D eigenvalue weighted by Gasteiger charge is 2.11. The number of nitrogens with one attached hydrogen (secondary N) is 1. The van der Waals surface area contributed by atoms with Crippen LogP contribution in [0.1, 0.15) is 18.9 Å². The number of carbonyl (C=O) groups is 1. The van der Waals surface area contributed by atoms with Crippen molar-refractivity contribution < 1.29 is 9.53 Å². The Bertz CT molecular complexity index is 1240. The summed E-state index contributed by atoms with van der Waals surface area (Å²) in [6, 6.07) is 19.5. The molecule has 0 bridgehead atoms. The largest absolute Gasteiger partial charge is 0.494 e. The van der Waals surface area contributed by atoms with Crippen molar-refractivity contribution in [2.24, 2.45) is 0 Å². The van der Waals surface area contributed by atoms with Crippen molar-refractivity contribution in [3.05, 3.63) is 89.0 Å². The quantitative estimate of drug-likeness (QED) is 0.413. The Morgan fingerprint density at radius 1 is 1.06 bits per heavy atom. The minimum atomic E-state index is -0.253. The molecular weight excluding hydrogens is 404 g/mol. The van der Waals surface area contributed by atoms with E-state index in [2.05, 4.69) is 22.5 Å². The SMILES string of the molecule is CCOc1ccc(-c2cc3c(=O)n(CC(=O)NCCCc4ccccc4)ccn3n2)cc1. The molecule has 32 heavy (non-hydrogen) atoms. The number of benzene rings is 2. The topological polar surface area (TPSA) is 77.6 Å². The maximum Gasteiger partial charge on any atom is 0.277 e. The minimum Gasteiger partial charge on any atom is -0.494 e. The van der Waals surface area contributed by atoms with Gasteiger partial charge in [-0.15, -0.1) is 0 Å². The summed E-state index contributed by atoms with van der Waals surface area (Å²) in [7, 11) is 0. The van der Waals surface area contributed by atoms with Crippen molar-refractivity contribution in [3.8, 4) is 17.0 Å². The highest BCUT2D eigenvalue weighted by molar-refractivity contribution is 5.76. The van der Waals surface area contributed by atoms with Crippen molar-refractivity contribution in [1.29, 1.82) is 0 Å². The molecule has 0 saturated heterocycles. The Hall–Kier alpha value is -3.87. The van der Waals surface area contributed by atoms with E-state index in [1.807, 2.05) is 49.4 Å². The van der Waals surface area contributed by atoms with E-state index in [1.54, 1.807) is 23.0 Å². The second kappa shape index (κ2) is 9.96. The molecule has 2 aromatic carbocycles. The molecule has 0 unspecified atom stereocenters. The maximum atomic E-state index is 12.9. The predicted octanol–water partition coefficient (Wildman–Crippen LogP) is 3.31. The molecule has 0 saturated carbocycles. The average molecular weight is 431 g/mol. The van der Waals surface area contributed by atoms with Crippen LogP contribution in [0.2, 0.25) is 0 Å². The summed E-state index contributed by atoms with van der Waals surface area (Å²) in [6.45, 7) is 3.09. The number of carbonyl (C=O) groups excluding carboxylic acids is 1. The van der Waals surface area contributed by atoms with E-state index in [9.17, 15) is 9.59 Å². The highest BCUT2D eigenvalue weighted by atomic mass is 16.5. The number of hydrogen-bond donors (Lipinski definition) is 1. The first kappa shape index (κ1) is 21.4. The van der Waals surface area contributed by atoms with Gasteiger partial charge < -0.3 is 14.6 Å². The van der Waals surface area contributed by atoms with Gasteiger partial charge in [-0.05, 0) is 55.7 Å². The van der Waals surface area contributed by atoms with Crippen LogP contribution in [-0.2, 0) is 17.8 Å². The monoisotopic (exact) mass is 430 g/mol. The van der Waals surface area contributed by atoms with Crippen LogP contribution in [0.4, 0.5) is 0 Å². The summed E-state index contributed by atoms with van der Waals surface area (Å²) in [6.07, 6.45) is 5.03. The van der Waals surface area contributed by atoms with Crippen molar-refractivity contribution in [1.82, 2.24) is 19.5 Å². The van der Waals surface area contributed by atoms with Crippen LogP contribution < -0.4 is 15.6 Å². The summed E-state index contributed by atoms with van der Waals surface area (Å²) in [5.74, 6) is 0.605. The molecule has 0 aliphatic carbocycles. The fourth-order valence-corrected chi connectivity index (χ4v) is 3.56. The Morgan fingerprint density at radius 3 is 2.59 bits per heavy atom. The predicted molar refractivity (Wildman–Crippen MR) is 124 cm³/mol. The second-order valence-electron chi connectivity index (χ2n) is 7.49. The summed E-state index contributed by atoms with van der Waals surface area (Å²) in [5, 5.41) is 7.38. The van der Waals surface area contributed by atoms with Gasteiger partial charge in [-0.3, -0.25) is 9.59 Å². The van der Waals surface area contributed by atoms with Crippen LogP contribution in [0.3, 0.4) is 0 Å². The van der Waals surface area contributed by atoms with Crippen LogP contribution in [0.5, 0.6) is 5.75 Å². The molecule has 1 N–H and O–H groups in total. The van der Waals surface area contributed by atoms with Crippen LogP contribution in [0.15, 0.2) is 77.9 Å². The van der Waals surface area contributed by atoms with E-state index in [0.717, 1.165) is 24.2 Å². The molecule has 164 valence electrons. The van der Waals surface area contributed by atoms with Crippen molar-refractivity contribution in [2.75, 3.05) is 13.2 Å². The first-order chi connectivity index (χ1) is 15.6. The Balaban J connectivity index is 1.39. The molecule has 0 aliphatic heterocycles. The Labute approximate surface area is 186 Å². The molecule has 0 fully saturated rings. The van der Waals surface area contributed by atoms with Gasteiger partial charge in [-0.1, -0.05) is 30.3 Å². The number of ether oxygens (including phenoxy) is 1. The van der Waals surface area contributed by atoms with Crippen LogP contribution in [0, 0.1) is 0 Å². The van der Waals surface area contributed by atoms with Gasteiger partial charge in [-0.25, -0.2) is 4.52 Å². The second-order valence-corrected chi connectivity index (χ2v) is 7.49. The number of fused-ring (bicyclic) bond motifs is 1. The molecular formula is C25H26N4O3. The first-order valence-corrected chi connectivity index (χ1v) is 10.8. The Kier molecular flexibility index (Phi) is 6.65. The average Bonchev–Trinajstić information content (AvgIpc) is 3.25. The zero-order valence-electron chi connectivity index (χ0n) is 18.0. The molecule has 0 aliphatic rings. The summed E-state index contributed by atoms with van der Waals surface area (Å²) >= 11 is 0. The third-order valence-corrected chi connectivity index (χ3v) is 5.19. The van der Waals surface area contributed by atoms with E-state index in [1.165, 1.54) is 10.1 Å². The third kappa shape index (κ3) is 5.06. The number of nitrogens with zero attached hydrogens (tertiary/aromatic N) is 3. The lowest BCUT2D eigenvalue weighted by molar-refractivity contribution is -0.121. The molecule has 1 amide bonds. The Morgan fingerprint density at radius 2 is 1.84 bits per heavy atom. The summed E-state index contributed by atoms with van der Waals surface area (Å²) in [5.41, 5.74) is 2.99. The zero-order chi connectivity index (χ0) is 22.3. The molecule has 7 heteroatoms. The number of aromatic nitrogens is 3. The van der Waals surface area contributed by atoms with Gasteiger partial charge in [0.2, 0.25) is 5.91 Å². The van der Waals surface area contributed by atoms with Gasteiger partial charge in [-0.2, -0.15) is 5.10 Å². The fraction of sp³-hybridized carbons (Fsp3) is 0.240. The first-order valence-electron chi connectivity index (χ1n) is 10.8. The molecule has 7 nitrogen and oxygen atoms in total. The zero-order valence-corrected chi connectivity index (χ0v) is 18.0. The molecule has 0 spiro atoms. The lowest BCUT2D eigenvalue weighted by Crippen LogP contribution is -2.33. The van der Waals surface area contributed by atoms with E-state index in [4.69, 9.17) is 4.74 Å². The normalized spacial score (nSPS) is 10.9. The third-order valence-electron chi connectivity index (χ3n) is 5.19. The van der Waals surface area contributed by atoms with Crippen LogP contribution >= 0.6 is 0 Å². The number of rotatable bonds is 9. The van der Waals surface area contributed by atoms with Crippen molar-refractivity contribution >= 4 is 11.4 Å². The van der Waals surface area contributed by atoms with Gasteiger partial charge >= 0.3 is 0 Å². The highest BCUT2D eigenvalue weighted by Crippen LogP contribution is 2.21. The summed E-state index contributed by atoms with van der Waals surface area (Å²) < 4.78 is 8.42. The van der Waals surface area contributed by atoms with Gasteiger partial charge in [0, 0.05) is 24.5 Å². The molecule has 0 atom stereocenters. The van der Waals surface area contributed by atoms with Gasteiger partial charge in [0.15, 0.2) is 0 Å². The summed E-state index contributed by atoms with van der Waals surface area (Å²) in [4.78, 5) is 25.2. The van der Waals surface area contributed by atoms with E-state index in [-0.39, 0.29) is 18.0 Å². The van der Waals surface area contributed by atoms with Gasteiger partial charge in [0.25, 0.3) is 5.56 Å². The van der Waals surface area contributed by atoms with Crippen molar-refractivity contribution in [2.45, 2.75) is 26.3 Å². The smallest absolute Gasteiger partial charge is 0.277 e. The molecule has 4 aromatic rings. The van der Waals surface area contributed by atoms with Crippen LogP contribution in [-0.4, -0.2) is 33.2 Å². The van der Waals surface area contributed by atoms with E-state index < -0.39 is 0 Å². The van der Waals surface area contributed by atoms with Gasteiger partial charge in [0.1, 0.15) is 17.8 Å². The van der Waals surface area contributed by atoms with Crippen LogP contribution in [0.25, 0.3) is 16.8 Å². The lowest BCUT2D eigenvalue weighted by atomic mass is 10.1. The molecule has 4 rings (SSSR count). The fourth-order valence-electron chi connectivity index (χ4n) is 3.56.